The van der Waals surface area contributed by atoms with E-state index in [4.69, 9.17) is 0 Å². The topological polar surface area (TPSA) is 89.6 Å². The molecule has 0 saturated carbocycles. The zero-order chi connectivity index (χ0) is 35.8. The fourth-order valence-corrected chi connectivity index (χ4v) is 5.32. The Kier molecular flexibility index (Phi) is 13.5. The van der Waals surface area contributed by atoms with Crippen molar-refractivity contribution >= 4 is 43.9 Å². The van der Waals surface area contributed by atoms with Crippen molar-refractivity contribution in [3.63, 3.8) is 0 Å². The first kappa shape index (κ1) is 39.6. The van der Waals surface area contributed by atoms with Gasteiger partial charge in [-0.1, -0.05) is 78.3 Å². The largest absolute Gasteiger partial charge is 2.00 e. The molecule has 0 spiro atoms. The Hall–Kier alpha value is -5.63. The van der Waals surface area contributed by atoms with Gasteiger partial charge in [-0.05, 0) is 68.2 Å². The molecule has 6 aromatic heterocycles. The van der Waals surface area contributed by atoms with Crippen LogP contribution in [0.1, 0.15) is 5.56 Å². The van der Waals surface area contributed by atoms with Crippen LogP contribution in [0.5, 0.6) is 0 Å². The van der Waals surface area contributed by atoms with Gasteiger partial charge < -0.3 is 19.9 Å². The van der Waals surface area contributed by atoms with Crippen molar-refractivity contribution in [2.24, 2.45) is 0 Å². The van der Waals surface area contributed by atoms with E-state index in [-0.39, 0.29) is 42.1 Å². The van der Waals surface area contributed by atoms with Crippen molar-refractivity contribution in [1.82, 2.24) is 39.5 Å². The molecule has 272 valence electrons. The Bertz CT molecular complexity index is 2500. The van der Waals surface area contributed by atoms with E-state index in [1.165, 1.54) is 11.5 Å². The quantitative estimate of drug-likeness (QED) is 0.161. The summed E-state index contributed by atoms with van der Waals surface area (Å²) in [7, 11) is 0. The van der Waals surface area contributed by atoms with Gasteiger partial charge in [0.05, 0.1) is 5.56 Å². The van der Waals surface area contributed by atoms with Crippen molar-refractivity contribution in [1.29, 1.82) is 0 Å². The average molecular weight is 1080 g/mol. The van der Waals surface area contributed by atoms with E-state index in [0.717, 1.165) is 40.1 Å². The number of pyridine rings is 2. The zero-order valence-corrected chi connectivity index (χ0v) is 32.5. The third kappa shape index (κ3) is 9.47. The average Bonchev–Trinajstić information content (AvgIpc) is 4.02. The summed E-state index contributed by atoms with van der Waals surface area (Å²) in [5.41, 5.74) is 4.14. The first-order chi connectivity index (χ1) is 25.4. The molecule has 0 aliphatic rings. The maximum atomic E-state index is 12.6. The van der Waals surface area contributed by atoms with Gasteiger partial charge in [-0.15, -0.1) is 12.1 Å². The molecule has 6 heterocycles. The van der Waals surface area contributed by atoms with Gasteiger partial charge in [-0.2, -0.15) is 71.9 Å². The fourth-order valence-electron chi connectivity index (χ4n) is 5.32. The van der Waals surface area contributed by atoms with Crippen LogP contribution in [-0.4, -0.2) is 29.5 Å². The molecular formula is C41H27F3N8Pt2. The van der Waals surface area contributed by atoms with Crippen LogP contribution in [-0.2, 0) is 48.3 Å². The second-order valence-electron chi connectivity index (χ2n) is 11.1. The van der Waals surface area contributed by atoms with Crippen molar-refractivity contribution in [3.8, 4) is 11.4 Å². The SMILES string of the molecule is FC(F)(F)c1ccc2[n-]c3ncccc3c2c1.[Pt+2].[Pt+2].[c-]1ccccc1-n1cccn1.[c-]1ccccc1-n1cccn1.c1ccc2c(c1)[n-]c1ncccc12. The summed E-state index contributed by atoms with van der Waals surface area (Å²) < 4.78 is 41.3. The van der Waals surface area contributed by atoms with Gasteiger partial charge in [0.2, 0.25) is 0 Å². The number of hydrogen-bond acceptors (Lipinski definition) is 4. The Morgan fingerprint density at radius 1 is 0.500 bits per heavy atom. The predicted octanol–water partition coefficient (Wildman–Crippen LogP) is 9.05. The van der Waals surface area contributed by atoms with Crippen LogP contribution in [0.3, 0.4) is 0 Å². The van der Waals surface area contributed by atoms with Gasteiger partial charge >= 0.3 is 48.3 Å². The zero-order valence-electron chi connectivity index (χ0n) is 27.9. The number of para-hydroxylation sites is 3. The molecule has 13 heteroatoms. The molecule has 10 rings (SSSR count). The molecule has 4 aromatic carbocycles. The van der Waals surface area contributed by atoms with E-state index < -0.39 is 11.7 Å². The van der Waals surface area contributed by atoms with E-state index in [9.17, 15) is 13.2 Å². The van der Waals surface area contributed by atoms with Crippen LogP contribution < -0.4 is 9.97 Å². The van der Waals surface area contributed by atoms with Crippen molar-refractivity contribution in [2.75, 3.05) is 0 Å². The monoisotopic (exact) mass is 1080 g/mol. The summed E-state index contributed by atoms with van der Waals surface area (Å²) in [5, 5.41) is 11.6. The number of benzene rings is 4. The number of fused-ring (bicyclic) bond motifs is 6. The first-order valence-corrected chi connectivity index (χ1v) is 16.0. The molecule has 0 aliphatic heterocycles. The molecule has 0 saturated heterocycles. The van der Waals surface area contributed by atoms with Crippen LogP contribution in [0, 0.1) is 12.1 Å². The smallest absolute Gasteiger partial charge is 0.442 e. The van der Waals surface area contributed by atoms with Crippen LogP contribution in [0.4, 0.5) is 13.2 Å². The Labute approximate surface area is 336 Å². The maximum absolute atomic E-state index is 12.6. The molecule has 54 heavy (non-hydrogen) atoms. The van der Waals surface area contributed by atoms with E-state index in [1.807, 2.05) is 97.3 Å². The van der Waals surface area contributed by atoms with Crippen LogP contribution in [0.2, 0.25) is 0 Å². The molecular weight excluding hydrogens is 1050 g/mol. The molecule has 0 fully saturated rings. The van der Waals surface area contributed by atoms with Crippen LogP contribution in [0.15, 0.2) is 165 Å². The van der Waals surface area contributed by atoms with Gasteiger partial charge in [0.15, 0.2) is 0 Å². The number of hydrogen-bond donors (Lipinski definition) is 0. The Morgan fingerprint density at radius 2 is 1.00 bits per heavy atom. The van der Waals surface area contributed by atoms with E-state index in [1.54, 1.807) is 46.3 Å². The molecule has 0 aliphatic carbocycles. The van der Waals surface area contributed by atoms with E-state index in [2.05, 4.69) is 54.4 Å². The van der Waals surface area contributed by atoms with Crippen molar-refractivity contribution in [3.05, 3.63) is 182 Å². The summed E-state index contributed by atoms with van der Waals surface area (Å²) in [6.07, 6.45) is 6.30. The molecule has 0 atom stereocenters. The number of alkyl halides is 3. The normalized spacial score (nSPS) is 10.6. The summed E-state index contributed by atoms with van der Waals surface area (Å²) in [6.45, 7) is 0. The molecule has 0 N–H and O–H groups in total. The third-order valence-electron chi connectivity index (χ3n) is 7.72. The molecule has 10 aromatic rings. The molecule has 0 bridgehead atoms. The maximum Gasteiger partial charge on any atom is 2.00 e. The van der Waals surface area contributed by atoms with Crippen LogP contribution in [0.25, 0.3) is 55.2 Å². The third-order valence-corrected chi connectivity index (χ3v) is 7.72. The van der Waals surface area contributed by atoms with Gasteiger partial charge in [-0.25, -0.2) is 0 Å². The van der Waals surface area contributed by atoms with E-state index >= 15 is 0 Å². The minimum Gasteiger partial charge on any atom is -0.442 e. The van der Waals surface area contributed by atoms with Crippen molar-refractivity contribution < 1.29 is 55.3 Å². The molecule has 0 radical (unpaired) electrons. The number of nitrogens with zero attached hydrogens (tertiary/aromatic N) is 8. The molecule has 8 nitrogen and oxygen atoms in total. The second kappa shape index (κ2) is 18.4. The second-order valence-corrected chi connectivity index (χ2v) is 11.1. The minimum absolute atomic E-state index is 0. The summed E-state index contributed by atoms with van der Waals surface area (Å²) in [6, 6.07) is 44.4. The van der Waals surface area contributed by atoms with Gasteiger partial charge in [0.1, 0.15) is 0 Å². The van der Waals surface area contributed by atoms with E-state index in [0.29, 0.717) is 21.9 Å². The molecule has 0 unspecified atom stereocenters. The number of aromatic nitrogens is 8. The Balaban J connectivity index is 0.000000139. The summed E-state index contributed by atoms with van der Waals surface area (Å²) >= 11 is 0. The van der Waals surface area contributed by atoms with Crippen molar-refractivity contribution in [2.45, 2.75) is 6.18 Å². The summed E-state index contributed by atoms with van der Waals surface area (Å²) in [5.74, 6) is 0. The predicted molar refractivity (Wildman–Crippen MR) is 195 cm³/mol. The fraction of sp³-hybridized carbons (Fsp3) is 0.0244. The molecule has 0 amide bonds. The first-order valence-electron chi connectivity index (χ1n) is 16.0. The summed E-state index contributed by atoms with van der Waals surface area (Å²) in [4.78, 5) is 16.8. The minimum atomic E-state index is -4.33. The Morgan fingerprint density at radius 3 is 1.50 bits per heavy atom. The standard InChI is InChI=1S/C12H6F3N2.C11H7N2.2C9H7N2.2Pt/c13-12(14,15)7-3-4-10-9(6-7)8-2-1-5-16-11(8)17-10;1-2-6-10-8(4-1)9-5-3-7-12-11(9)13-10;2*1-2-5-9(6-3-1)11-8-4-7-10-11;;/h1-6H;1-7H;2*1-5,7-8H;;/q4*-1;2*+2. The number of rotatable bonds is 2. The van der Waals surface area contributed by atoms with Gasteiger partial charge in [0, 0.05) is 24.8 Å². The van der Waals surface area contributed by atoms with Gasteiger partial charge in [-0.3, -0.25) is 9.36 Å². The number of halogens is 3. The van der Waals surface area contributed by atoms with Gasteiger partial charge in [0.25, 0.3) is 0 Å². The van der Waals surface area contributed by atoms with Crippen LogP contribution >= 0.6 is 0 Å².